The Morgan fingerprint density at radius 3 is 1.44 bits per heavy atom. The molecule has 0 rings (SSSR count). The molecular weight excluding hydrogens is 762 g/mol. The van der Waals surface area contributed by atoms with Crippen LogP contribution in [0.2, 0.25) is 0 Å². The van der Waals surface area contributed by atoms with Crippen molar-refractivity contribution in [3.63, 3.8) is 0 Å². The standard InChI is InChI=1S/C49H84NO8P/c1-6-8-10-12-14-16-18-19-20-21-22-23-24-25-26-27-28-29-30-31-32-34-36-38-40-42-49(52)58-47(46-57-59(53,54)56-44-43-50(3,4)5)45-55-48(51)41-39-37-35-33-17-15-13-11-9-7-2/h8,10,14,16,19-20,22-23,25-26,28-29,31-32,47H,6-7,9,11-13,15,17-18,21,24,27,30,33-46H2,1-5H3/b10-8-,16-14-,20-19-,23-22-,26-25-,29-28-,32-31-. The summed E-state index contributed by atoms with van der Waals surface area (Å²) in [5, 5.41) is 0. The molecule has 0 spiro atoms. The lowest BCUT2D eigenvalue weighted by atomic mass is 10.1. The van der Waals surface area contributed by atoms with E-state index in [0.717, 1.165) is 83.5 Å². The molecule has 59 heavy (non-hydrogen) atoms. The molecule has 0 aliphatic rings. The van der Waals surface area contributed by atoms with Crippen molar-refractivity contribution >= 4 is 19.8 Å². The molecule has 0 amide bonds. The average Bonchev–Trinajstić information content (AvgIpc) is 3.19. The first kappa shape index (κ1) is 56.2. The van der Waals surface area contributed by atoms with Crippen molar-refractivity contribution < 1.29 is 42.1 Å². The minimum Gasteiger partial charge on any atom is -0.756 e. The first-order chi connectivity index (χ1) is 28.5. The monoisotopic (exact) mass is 846 g/mol. The molecule has 0 fully saturated rings. The molecule has 0 aromatic heterocycles. The van der Waals surface area contributed by atoms with E-state index in [2.05, 4.69) is 98.9 Å². The third-order valence-electron chi connectivity index (χ3n) is 9.18. The Balaban J connectivity index is 4.37. The van der Waals surface area contributed by atoms with Gasteiger partial charge in [-0.25, -0.2) is 0 Å². The molecule has 10 heteroatoms. The van der Waals surface area contributed by atoms with Gasteiger partial charge in [0.15, 0.2) is 6.10 Å². The third kappa shape index (κ3) is 44.6. The Bertz CT molecular complexity index is 1280. The zero-order chi connectivity index (χ0) is 43.6. The van der Waals surface area contributed by atoms with Crippen LogP contribution in [0.3, 0.4) is 0 Å². The Kier molecular flexibility index (Phi) is 38.7. The van der Waals surface area contributed by atoms with Gasteiger partial charge >= 0.3 is 11.9 Å². The van der Waals surface area contributed by atoms with Gasteiger partial charge in [0, 0.05) is 12.8 Å². The fourth-order valence-corrected chi connectivity index (χ4v) is 6.36. The summed E-state index contributed by atoms with van der Waals surface area (Å²) in [6.07, 6.45) is 51.9. The number of hydrogen-bond donors (Lipinski definition) is 0. The quantitative estimate of drug-likeness (QED) is 0.0197. The fourth-order valence-electron chi connectivity index (χ4n) is 5.63. The summed E-state index contributed by atoms with van der Waals surface area (Å²) in [6.45, 7) is 4.04. The van der Waals surface area contributed by atoms with Crippen molar-refractivity contribution in [3.8, 4) is 0 Å². The van der Waals surface area contributed by atoms with Gasteiger partial charge in [-0.1, -0.05) is 163 Å². The second-order valence-electron chi connectivity index (χ2n) is 16.0. The van der Waals surface area contributed by atoms with Gasteiger partial charge in [-0.15, -0.1) is 0 Å². The SMILES string of the molecule is CC/C=C\C/C=C\C/C=C\C/C=C\C/C=C\C/C=C\C/C=C\CCCCCC(=O)OC(COC(=O)CCCCCCCCCCCC)COP(=O)([O-])OCC[N+](C)(C)C. The number of carbonyl (C=O) groups excluding carboxylic acids is 2. The number of nitrogens with zero attached hydrogens (tertiary/aromatic N) is 1. The molecule has 0 heterocycles. The molecule has 9 nitrogen and oxygen atoms in total. The number of phosphoric ester groups is 1. The van der Waals surface area contributed by atoms with Gasteiger partial charge in [0.2, 0.25) is 0 Å². The number of ether oxygens (including phenoxy) is 2. The summed E-state index contributed by atoms with van der Waals surface area (Å²) in [5.74, 6) is -0.881. The van der Waals surface area contributed by atoms with Gasteiger partial charge < -0.3 is 27.9 Å². The van der Waals surface area contributed by atoms with E-state index in [4.69, 9.17) is 18.5 Å². The highest BCUT2D eigenvalue weighted by Gasteiger charge is 2.21. The topological polar surface area (TPSA) is 111 Å². The molecular formula is C49H84NO8P. The van der Waals surface area contributed by atoms with Crippen LogP contribution in [0.4, 0.5) is 0 Å². The maximum absolute atomic E-state index is 12.7. The third-order valence-corrected chi connectivity index (χ3v) is 10.1. The van der Waals surface area contributed by atoms with Gasteiger partial charge in [-0.05, 0) is 70.6 Å². The molecule has 338 valence electrons. The highest BCUT2D eigenvalue weighted by Crippen LogP contribution is 2.38. The summed E-state index contributed by atoms with van der Waals surface area (Å²) >= 11 is 0. The van der Waals surface area contributed by atoms with E-state index >= 15 is 0 Å². The molecule has 0 aromatic rings. The molecule has 2 unspecified atom stereocenters. The minimum absolute atomic E-state index is 0.0414. The Hall–Kier alpha value is -2.81. The Labute approximate surface area is 361 Å². The van der Waals surface area contributed by atoms with Crippen LogP contribution in [0.25, 0.3) is 0 Å². The summed E-state index contributed by atoms with van der Waals surface area (Å²) in [6, 6.07) is 0. The van der Waals surface area contributed by atoms with E-state index < -0.39 is 32.5 Å². The van der Waals surface area contributed by atoms with Gasteiger partial charge in [0.25, 0.3) is 7.82 Å². The predicted molar refractivity (Wildman–Crippen MR) is 245 cm³/mol. The molecule has 0 N–H and O–H groups in total. The molecule has 0 aliphatic heterocycles. The van der Waals surface area contributed by atoms with Crippen LogP contribution in [0, 0.1) is 0 Å². The van der Waals surface area contributed by atoms with Gasteiger partial charge in [-0.2, -0.15) is 0 Å². The van der Waals surface area contributed by atoms with Crippen molar-refractivity contribution in [1.29, 1.82) is 0 Å². The van der Waals surface area contributed by atoms with Crippen molar-refractivity contribution in [3.05, 3.63) is 85.1 Å². The molecule has 0 aromatic carbocycles. The smallest absolute Gasteiger partial charge is 0.306 e. The van der Waals surface area contributed by atoms with Crippen molar-refractivity contribution in [2.75, 3.05) is 47.5 Å². The lowest BCUT2D eigenvalue weighted by Gasteiger charge is -2.28. The number of rotatable bonds is 40. The summed E-state index contributed by atoms with van der Waals surface area (Å²) in [7, 11) is 1.13. The average molecular weight is 846 g/mol. The highest BCUT2D eigenvalue weighted by atomic mass is 31.2. The Morgan fingerprint density at radius 2 is 0.966 bits per heavy atom. The maximum Gasteiger partial charge on any atom is 0.306 e. The minimum atomic E-state index is -4.64. The number of hydrogen-bond acceptors (Lipinski definition) is 8. The predicted octanol–water partition coefficient (Wildman–Crippen LogP) is 12.6. The van der Waals surface area contributed by atoms with Crippen molar-refractivity contribution in [1.82, 2.24) is 0 Å². The second-order valence-corrected chi connectivity index (χ2v) is 17.4. The zero-order valence-corrected chi connectivity index (χ0v) is 38.8. The van der Waals surface area contributed by atoms with Crippen LogP contribution in [-0.4, -0.2) is 70.0 Å². The van der Waals surface area contributed by atoms with E-state index in [-0.39, 0.29) is 26.1 Å². The van der Waals surface area contributed by atoms with Crippen LogP contribution < -0.4 is 4.89 Å². The maximum atomic E-state index is 12.7. The van der Waals surface area contributed by atoms with Crippen molar-refractivity contribution in [2.45, 2.75) is 168 Å². The highest BCUT2D eigenvalue weighted by molar-refractivity contribution is 7.45. The molecule has 0 bridgehead atoms. The van der Waals surface area contributed by atoms with Gasteiger partial charge in [-0.3, -0.25) is 14.2 Å². The summed E-state index contributed by atoms with van der Waals surface area (Å²) in [4.78, 5) is 37.5. The second kappa shape index (κ2) is 40.6. The van der Waals surface area contributed by atoms with Crippen LogP contribution in [0.5, 0.6) is 0 Å². The normalized spacial score (nSPS) is 14.3. The number of quaternary nitrogens is 1. The molecule has 0 radical (unpaired) electrons. The van der Waals surface area contributed by atoms with E-state index in [1.807, 2.05) is 21.1 Å². The molecule has 0 aliphatic carbocycles. The molecule has 2 atom stereocenters. The fraction of sp³-hybridized carbons (Fsp3) is 0.673. The first-order valence-corrected chi connectivity index (χ1v) is 24.3. The lowest BCUT2D eigenvalue weighted by Crippen LogP contribution is -2.37. The number of allylic oxidation sites excluding steroid dienone is 14. The van der Waals surface area contributed by atoms with E-state index in [1.54, 1.807) is 0 Å². The summed E-state index contributed by atoms with van der Waals surface area (Å²) in [5.41, 5.74) is 0. The first-order valence-electron chi connectivity index (χ1n) is 22.8. The van der Waals surface area contributed by atoms with Crippen LogP contribution in [0.15, 0.2) is 85.1 Å². The lowest BCUT2D eigenvalue weighted by molar-refractivity contribution is -0.870. The number of esters is 2. The van der Waals surface area contributed by atoms with Crippen molar-refractivity contribution in [2.24, 2.45) is 0 Å². The van der Waals surface area contributed by atoms with Gasteiger partial charge in [0.05, 0.1) is 27.7 Å². The number of phosphoric acid groups is 1. The summed E-state index contributed by atoms with van der Waals surface area (Å²) < 4.78 is 33.8. The molecule has 0 saturated heterocycles. The van der Waals surface area contributed by atoms with E-state index in [9.17, 15) is 19.0 Å². The Morgan fingerprint density at radius 1 is 0.542 bits per heavy atom. The van der Waals surface area contributed by atoms with E-state index in [0.29, 0.717) is 17.4 Å². The van der Waals surface area contributed by atoms with Crippen LogP contribution in [0.1, 0.15) is 162 Å². The van der Waals surface area contributed by atoms with Gasteiger partial charge in [0.1, 0.15) is 19.8 Å². The number of likely N-dealkylation sites (N-methyl/N-ethyl adjacent to an activating group) is 1. The largest absolute Gasteiger partial charge is 0.756 e. The number of unbranched alkanes of at least 4 members (excludes halogenated alkanes) is 12. The van der Waals surface area contributed by atoms with Crippen LogP contribution in [-0.2, 0) is 32.7 Å². The van der Waals surface area contributed by atoms with Crippen LogP contribution >= 0.6 is 7.82 Å². The van der Waals surface area contributed by atoms with E-state index in [1.165, 1.54) is 44.9 Å². The molecule has 0 saturated carbocycles. The zero-order valence-electron chi connectivity index (χ0n) is 37.9. The number of carbonyl (C=O) groups is 2.